The number of thiol groups is 2. The van der Waals surface area contributed by atoms with Crippen molar-refractivity contribution in [1.82, 2.24) is 0 Å². The van der Waals surface area contributed by atoms with Gasteiger partial charge in [0, 0.05) is 15.4 Å². The Morgan fingerprint density at radius 2 is 1.64 bits per heavy atom. The van der Waals surface area contributed by atoms with Crippen LogP contribution in [0, 0.1) is 20.8 Å². The Morgan fingerprint density at radius 1 is 0.909 bits per heavy atom. The molecule has 2 aromatic rings. The predicted octanol–water partition coefficient (Wildman–Crippen LogP) is 5.70. The first-order valence-corrected chi connectivity index (χ1v) is 8.27. The highest BCUT2D eigenvalue weighted by atomic mass is 32.1. The zero-order valence-corrected chi connectivity index (χ0v) is 15.3. The fraction of sp³-hybridized carbons (Fsp3) is 0.263. The van der Waals surface area contributed by atoms with E-state index in [-0.39, 0.29) is 0 Å². The molecule has 0 atom stereocenters. The van der Waals surface area contributed by atoms with Gasteiger partial charge in [-0.15, -0.1) is 25.3 Å². The van der Waals surface area contributed by atoms with Crippen molar-refractivity contribution in [3.8, 4) is 5.75 Å². The molecule has 0 bridgehead atoms. The molecule has 116 valence electrons. The SMILES string of the molecule is CCOc1ccc(C)cc1C(S)=C(S)c1ccc(C)c(C)c1. The fourth-order valence-electron chi connectivity index (χ4n) is 2.26. The smallest absolute Gasteiger partial charge is 0.127 e. The maximum atomic E-state index is 5.73. The van der Waals surface area contributed by atoms with Gasteiger partial charge in [0.1, 0.15) is 5.75 Å². The van der Waals surface area contributed by atoms with Crippen LogP contribution in [0.25, 0.3) is 9.81 Å². The highest BCUT2D eigenvalue weighted by molar-refractivity contribution is 7.96. The molecule has 0 fully saturated rings. The molecule has 0 aromatic heterocycles. The summed E-state index contributed by atoms with van der Waals surface area (Å²) in [5.41, 5.74) is 5.75. The molecule has 0 saturated carbocycles. The summed E-state index contributed by atoms with van der Waals surface area (Å²) in [5.74, 6) is 0.841. The van der Waals surface area contributed by atoms with E-state index >= 15 is 0 Å². The topological polar surface area (TPSA) is 9.23 Å². The van der Waals surface area contributed by atoms with Gasteiger partial charge in [0.05, 0.1) is 6.61 Å². The third-order valence-electron chi connectivity index (χ3n) is 3.69. The van der Waals surface area contributed by atoms with E-state index < -0.39 is 0 Å². The average Bonchev–Trinajstić information content (AvgIpc) is 2.50. The van der Waals surface area contributed by atoms with Gasteiger partial charge in [-0.1, -0.05) is 29.8 Å². The Kier molecular flexibility index (Phi) is 5.65. The first kappa shape index (κ1) is 17.0. The van der Waals surface area contributed by atoms with Gasteiger partial charge in [0.25, 0.3) is 0 Å². The van der Waals surface area contributed by atoms with Crippen LogP contribution in [0.2, 0.25) is 0 Å². The summed E-state index contributed by atoms with van der Waals surface area (Å²) < 4.78 is 5.73. The van der Waals surface area contributed by atoms with Crippen LogP contribution in [0.3, 0.4) is 0 Å². The van der Waals surface area contributed by atoms with Crippen molar-refractivity contribution >= 4 is 35.1 Å². The second kappa shape index (κ2) is 7.30. The van der Waals surface area contributed by atoms with Crippen molar-refractivity contribution in [3.63, 3.8) is 0 Å². The Balaban J connectivity index is 2.54. The first-order chi connectivity index (χ1) is 10.4. The molecule has 0 radical (unpaired) electrons. The van der Waals surface area contributed by atoms with E-state index in [0.717, 1.165) is 26.7 Å². The third-order valence-corrected chi connectivity index (χ3v) is 4.82. The fourth-order valence-corrected chi connectivity index (χ4v) is 2.83. The van der Waals surface area contributed by atoms with Crippen LogP contribution < -0.4 is 4.74 Å². The van der Waals surface area contributed by atoms with Gasteiger partial charge in [-0.05, 0) is 56.5 Å². The van der Waals surface area contributed by atoms with Crippen LogP contribution in [0.4, 0.5) is 0 Å². The summed E-state index contributed by atoms with van der Waals surface area (Å²) in [6.45, 7) is 8.89. The minimum absolute atomic E-state index is 0.628. The molecule has 0 N–H and O–H groups in total. The molecule has 2 rings (SSSR count). The van der Waals surface area contributed by atoms with Gasteiger partial charge in [-0.3, -0.25) is 0 Å². The summed E-state index contributed by atoms with van der Waals surface area (Å²) in [5, 5.41) is 0. The largest absolute Gasteiger partial charge is 0.493 e. The standard InChI is InChI=1S/C19H22OS2/c1-5-20-17-9-6-12(2)10-16(17)19(22)18(21)15-8-7-13(3)14(4)11-15/h6-11,21-22H,5H2,1-4H3. The second-order valence-electron chi connectivity index (χ2n) is 5.43. The molecule has 2 aromatic carbocycles. The molecule has 0 spiro atoms. The van der Waals surface area contributed by atoms with Gasteiger partial charge >= 0.3 is 0 Å². The summed E-state index contributed by atoms with van der Waals surface area (Å²) in [4.78, 5) is 1.69. The number of aryl methyl sites for hydroxylation is 3. The van der Waals surface area contributed by atoms with E-state index in [0.29, 0.717) is 6.61 Å². The number of benzene rings is 2. The Labute approximate surface area is 144 Å². The Morgan fingerprint density at radius 3 is 2.27 bits per heavy atom. The zero-order valence-electron chi connectivity index (χ0n) is 13.5. The number of rotatable bonds is 4. The van der Waals surface area contributed by atoms with Crippen molar-refractivity contribution in [2.24, 2.45) is 0 Å². The van der Waals surface area contributed by atoms with Gasteiger partial charge < -0.3 is 4.74 Å². The van der Waals surface area contributed by atoms with Crippen LogP contribution in [-0.2, 0) is 0 Å². The van der Waals surface area contributed by atoms with Gasteiger partial charge in [0.2, 0.25) is 0 Å². The highest BCUT2D eigenvalue weighted by Crippen LogP contribution is 2.37. The molecular formula is C19H22OS2. The van der Waals surface area contributed by atoms with Crippen LogP contribution in [-0.4, -0.2) is 6.61 Å². The minimum atomic E-state index is 0.628. The van der Waals surface area contributed by atoms with Gasteiger partial charge in [-0.25, -0.2) is 0 Å². The Bertz CT molecular complexity index is 717. The summed E-state index contributed by atoms with van der Waals surface area (Å²) in [7, 11) is 0. The molecule has 0 amide bonds. The molecule has 0 heterocycles. The van der Waals surface area contributed by atoms with E-state index in [4.69, 9.17) is 30.0 Å². The predicted molar refractivity (Wildman–Crippen MR) is 103 cm³/mol. The third kappa shape index (κ3) is 3.71. The van der Waals surface area contributed by atoms with Crippen molar-refractivity contribution in [2.75, 3.05) is 6.61 Å². The first-order valence-electron chi connectivity index (χ1n) is 7.37. The monoisotopic (exact) mass is 330 g/mol. The van der Waals surface area contributed by atoms with E-state index in [9.17, 15) is 0 Å². The zero-order chi connectivity index (χ0) is 16.3. The van der Waals surface area contributed by atoms with Crippen LogP contribution >= 0.6 is 25.3 Å². The average molecular weight is 331 g/mol. The molecule has 0 aliphatic heterocycles. The maximum absolute atomic E-state index is 5.73. The maximum Gasteiger partial charge on any atom is 0.127 e. The van der Waals surface area contributed by atoms with Crippen LogP contribution in [0.1, 0.15) is 34.7 Å². The van der Waals surface area contributed by atoms with Crippen molar-refractivity contribution in [3.05, 3.63) is 64.2 Å². The lowest BCUT2D eigenvalue weighted by atomic mass is 10.0. The molecule has 0 saturated heterocycles. The van der Waals surface area contributed by atoms with E-state index in [2.05, 4.69) is 45.0 Å². The summed E-state index contributed by atoms with van der Waals surface area (Å²) in [6, 6.07) is 12.5. The van der Waals surface area contributed by atoms with Crippen molar-refractivity contribution < 1.29 is 4.74 Å². The second-order valence-corrected chi connectivity index (χ2v) is 6.32. The van der Waals surface area contributed by atoms with Gasteiger partial charge in [-0.2, -0.15) is 0 Å². The highest BCUT2D eigenvalue weighted by Gasteiger charge is 2.11. The van der Waals surface area contributed by atoms with Gasteiger partial charge in [0.15, 0.2) is 0 Å². The lowest BCUT2D eigenvalue weighted by Gasteiger charge is -2.14. The normalized spacial score (nSPS) is 12.1. The van der Waals surface area contributed by atoms with Crippen molar-refractivity contribution in [2.45, 2.75) is 27.7 Å². The quantitative estimate of drug-likeness (QED) is 0.540. The van der Waals surface area contributed by atoms with Crippen LogP contribution in [0.15, 0.2) is 36.4 Å². The molecule has 3 heteroatoms. The lowest BCUT2D eigenvalue weighted by Crippen LogP contribution is -1.96. The molecule has 1 nitrogen and oxygen atoms in total. The molecular weight excluding hydrogens is 308 g/mol. The lowest BCUT2D eigenvalue weighted by molar-refractivity contribution is 0.339. The molecule has 22 heavy (non-hydrogen) atoms. The minimum Gasteiger partial charge on any atom is -0.493 e. The molecule has 0 unspecified atom stereocenters. The summed E-state index contributed by atoms with van der Waals surface area (Å²) in [6.07, 6.45) is 0. The van der Waals surface area contributed by atoms with E-state index in [1.54, 1.807) is 0 Å². The van der Waals surface area contributed by atoms with E-state index in [1.807, 2.05) is 19.1 Å². The molecule has 0 aliphatic carbocycles. The molecule has 0 aliphatic rings. The summed E-state index contributed by atoms with van der Waals surface area (Å²) >= 11 is 9.42. The van der Waals surface area contributed by atoms with Crippen LogP contribution in [0.5, 0.6) is 5.75 Å². The number of ether oxygens (including phenoxy) is 1. The number of hydrogen-bond acceptors (Lipinski definition) is 3. The van der Waals surface area contributed by atoms with E-state index in [1.165, 1.54) is 16.7 Å². The van der Waals surface area contributed by atoms with Crippen molar-refractivity contribution in [1.29, 1.82) is 0 Å². The number of hydrogen-bond donors (Lipinski definition) is 2. The Hall–Kier alpha value is -1.32.